The second kappa shape index (κ2) is 19.5. The van der Waals surface area contributed by atoms with Gasteiger partial charge in [-0.2, -0.15) is 0 Å². The van der Waals surface area contributed by atoms with E-state index in [1.165, 1.54) is 36.2 Å². The Balaban J connectivity index is 1.48. The Morgan fingerprint density at radius 2 is 0.961 bits per heavy atom. The highest BCUT2D eigenvalue weighted by Gasteiger charge is 2.30. The lowest BCUT2D eigenvalue weighted by Crippen LogP contribution is -2.57. The van der Waals surface area contributed by atoms with E-state index in [0.717, 1.165) is 30.4 Å². The Kier molecular flexibility index (Phi) is 14.6. The second-order valence-corrected chi connectivity index (χ2v) is 12.8. The first-order valence-electron chi connectivity index (χ1n) is 17.4. The number of hydrogen-bond acceptors (Lipinski definition) is 6. The van der Waals surface area contributed by atoms with E-state index in [-0.39, 0.29) is 43.1 Å². The summed E-state index contributed by atoms with van der Waals surface area (Å²) in [6.45, 7) is 2.17. The number of phenolic OH excluding ortho intramolecular Hbond substituents is 2. The fourth-order valence-corrected chi connectivity index (χ4v) is 5.72. The average Bonchev–Trinajstić information content (AvgIpc) is 3.12. The van der Waals surface area contributed by atoms with Gasteiger partial charge in [0, 0.05) is 25.7 Å². The Labute approximate surface area is 298 Å². The zero-order valence-electron chi connectivity index (χ0n) is 28.9. The zero-order chi connectivity index (χ0) is 36.6. The van der Waals surface area contributed by atoms with E-state index in [2.05, 4.69) is 35.0 Å². The molecule has 3 amide bonds. The number of nitrogens with one attached hydrogen (secondary N) is 3. The molecule has 0 aromatic heterocycles. The predicted octanol–water partition coefficient (Wildman–Crippen LogP) is 5.03. The number of carboxylic acids is 1. The number of carbonyl (C=O) groups is 4. The first-order chi connectivity index (χ1) is 24.6. The molecule has 4 aromatic rings. The SMILES string of the molecule is CCCCCc1ccc(CCC(=O)N[C@H](Cc2ccc(O)cc2)C(=O)N[C@@H](Cc2ccccc2)C(=O)N[C@@H](Cc2ccc(O)cc2)C(=O)O)cc1. The van der Waals surface area contributed by atoms with Gasteiger partial charge in [0.25, 0.3) is 0 Å². The fourth-order valence-electron chi connectivity index (χ4n) is 5.72. The molecule has 0 saturated heterocycles. The van der Waals surface area contributed by atoms with Crippen LogP contribution in [0.5, 0.6) is 11.5 Å². The third-order valence-corrected chi connectivity index (χ3v) is 8.67. The largest absolute Gasteiger partial charge is 0.508 e. The monoisotopic (exact) mass is 693 g/mol. The third kappa shape index (κ3) is 13.0. The van der Waals surface area contributed by atoms with Gasteiger partial charge in [-0.1, -0.05) is 98.6 Å². The molecule has 0 aliphatic rings. The van der Waals surface area contributed by atoms with Crippen molar-refractivity contribution >= 4 is 23.7 Å². The Bertz CT molecular complexity index is 1710. The van der Waals surface area contributed by atoms with E-state index in [0.29, 0.717) is 17.5 Å². The number of rotatable bonds is 19. The normalized spacial score (nSPS) is 12.6. The van der Waals surface area contributed by atoms with Gasteiger partial charge in [0.2, 0.25) is 17.7 Å². The number of phenols is 2. The molecule has 10 nitrogen and oxygen atoms in total. The summed E-state index contributed by atoms with van der Waals surface area (Å²) in [7, 11) is 0. The van der Waals surface area contributed by atoms with E-state index in [1.807, 2.05) is 18.2 Å². The maximum absolute atomic E-state index is 13.9. The average molecular weight is 694 g/mol. The van der Waals surface area contributed by atoms with Gasteiger partial charge in [0.15, 0.2) is 0 Å². The molecule has 268 valence electrons. The van der Waals surface area contributed by atoms with Crippen LogP contribution < -0.4 is 16.0 Å². The van der Waals surface area contributed by atoms with Gasteiger partial charge in [-0.3, -0.25) is 14.4 Å². The number of amides is 3. The molecule has 0 radical (unpaired) electrons. The first-order valence-corrected chi connectivity index (χ1v) is 17.4. The Hall–Kier alpha value is -5.64. The highest BCUT2D eigenvalue weighted by Crippen LogP contribution is 2.15. The van der Waals surface area contributed by atoms with Crippen LogP contribution in [0.15, 0.2) is 103 Å². The summed E-state index contributed by atoms with van der Waals surface area (Å²) in [5.41, 5.74) is 4.26. The molecule has 6 N–H and O–H groups in total. The van der Waals surface area contributed by atoms with Gasteiger partial charge in [0.05, 0.1) is 0 Å². The van der Waals surface area contributed by atoms with Crippen LogP contribution in [0.1, 0.15) is 60.4 Å². The smallest absolute Gasteiger partial charge is 0.326 e. The number of carbonyl (C=O) groups excluding carboxylic acids is 3. The van der Waals surface area contributed by atoms with Crippen molar-refractivity contribution < 1.29 is 34.5 Å². The minimum Gasteiger partial charge on any atom is -0.508 e. The molecule has 0 saturated carbocycles. The molecule has 3 atom stereocenters. The minimum absolute atomic E-state index is 0.0288. The molecule has 4 aromatic carbocycles. The summed E-state index contributed by atoms with van der Waals surface area (Å²) < 4.78 is 0. The zero-order valence-corrected chi connectivity index (χ0v) is 28.9. The quantitative estimate of drug-likeness (QED) is 0.0750. The summed E-state index contributed by atoms with van der Waals surface area (Å²) in [5.74, 6) is -2.84. The maximum atomic E-state index is 13.9. The van der Waals surface area contributed by atoms with E-state index in [4.69, 9.17) is 0 Å². The van der Waals surface area contributed by atoms with Crippen molar-refractivity contribution in [1.29, 1.82) is 0 Å². The summed E-state index contributed by atoms with van der Waals surface area (Å²) in [4.78, 5) is 53.1. The lowest BCUT2D eigenvalue weighted by Gasteiger charge is -2.25. The van der Waals surface area contributed by atoms with Gasteiger partial charge in [-0.25, -0.2) is 4.79 Å². The molecular formula is C41H47N3O7. The van der Waals surface area contributed by atoms with Crippen LogP contribution in [0.2, 0.25) is 0 Å². The molecule has 0 spiro atoms. The van der Waals surface area contributed by atoms with Gasteiger partial charge < -0.3 is 31.3 Å². The molecule has 0 bridgehead atoms. The molecule has 10 heteroatoms. The molecule has 0 unspecified atom stereocenters. The summed E-state index contributed by atoms with van der Waals surface area (Å²) >= 11 is 0. The van der Waals surface area contributed by atoms with E-state index < -0.39 is 35.9 Å². The van der Waals surface area contributed by atoms with E-state index >= 15 is 0 Å². The van der Waals surface area contributed by atoms with Crippen LogP contribution in [0.4, 0.5) is 0 Å². The number of carboxylic acid groups (broad SMARTS) is 1. The van der Waals surface area contributed by atoms with Crippen LogP contribution in [0.25, 0.3) is 0 Å². The maximum Gasteiger partial charge on any atom is 0.326 e. The Morgan fingerprint density at radius 1 is 0.529 bits per heavy atom. The van der Waals surface area contributed by atoms with Gasteiger partial charge in [-0.05, 0) is 71.3 Å². The second-order valence-electron chi connectivity index (χ2n) is 12.8. The third-order valence-electron chi connectivity index (χ3n) is 8.67. The molecule has 4 rings (SSSR count). The lowest BCUT2D eigenvalue weighted by molar-refractivity contribution is -0.142. The number of unbranched alkanes of at least 4 members (excludes halogenated alkanes) is 2. The van der Waals surface area contributed by atoms with Crippen molar-refractivity contribution in [1.82, 2.24) is 16.0 Å². The van der Waals surface area contributed by atoms with E-state index in [1.54, 1.807) is 48.5 Å². The number of hydrogen-bond donors (Lipinski definition) is 6. The molecule has 0 fully saturated rings. The molecule has 0 heterocycles. The molecule has 0 aliphatic carbocycles. The first kappa shape index (κ1) is 38.2. The summed E-state index contributed by atoms with van der Waals surface area (Å²) in [6, 6.07) is 26.0. The minimum atomic E-state index is -1.31. The Morgan fingerprint density at radius 3 is 1.47 bits per heavy atom. The number of aliphatic carboxylic acids is 1. The van der Waals surface area contributed by atoms with Crippen molar-refractivity contribution in [2.75, 3.05) is 0 Å². The van der Waals surface area contributed by atoms with Crippen molar-refractivity contribution in [3.8, 4) is 11.5 Å². The number of aromatic hydroxyl groups is 2. The van der Waals surface area contributed by atoms with Crippen molar-refractivity contribution in [2.45, 2.75) is 82.8 Å². The summed E-state index contributed by atoms with van der Waals surface area (Å²) in [6.07, 6.45) is 5.22. The lowest BCUT2D eigenvalue weighted by atomic mass is 10.0. The summed E-state index contributed by atoms with van der Waals surface area (Å²) in [5, 5.41) is 37.5. The van der Waals surface area contributed by atoms with Gasteiger partial charge >= 0.3 is 5.97 Å². The van der Waals surface area contributed by atoms with E-state index in [9.17, 15) is 34.5 Å². The highest BCUT2D eigenvalue weighted by atomic mass is 16.4. The molecule has 0 aliphatic heterocycles. The van der Waals surface area contributed by atoms with Crippen LogP contribution in [-0.2, 0) is 51.3 Å². The van der Waals surface area contributed by atoms with Gasteiger partial charge in [0.1, 0.15) is 29.6 Å². The fraction of sp³-hybridized carbons (Fsp3) is 0.317. The van der Waals surface area contributed by atoms with Crippen molar-refractivity contribution in [3.63, 3.8) is 0 Å². The standard InChI is InChI=1S/C41H47N3O7/c1-2-3-5-8-28-11-13-29(14-12-28)19-24-38(47)42-35(26-31-15-20-33(45)21-16-31)39(48)43-36(25-30-9-6-4-7-10-30)40(49)44-37(41(50)51)27-32-17-22-34(46)23-18-32/h4,6-7,9-18,20-23,35-37,45-46H,2-3,5,8,19,24-27H2,1H3,(H,42,47)(H,43,48)(H,44,49)(H,50,51)/t35-,36+,37+/m1/s1. The number of benzene rings is 4. The number of aryl methyl sites for hydroxylation is 2. The molecular weight excluding hydrogens is 646 g/mol. The van der Waals surface area contributed by atoms with Crippen LogP contribution >= 0.6 is 0 Å². The van der Waals surface area contributed by atoms with Crippen LogP contribution in [0.3, 0.4) is 0 Å². The van der Waals surface area contributed by atoms with Gasteiger partial charge in [-0.15, -0.1) is 0 Å². The van der Waals surface area contributed by atoms with Crippen LogP contribution in [0, 0.1) is 0 Å². The molecule has 51 heavy (non-hydrogen) atoms. The van der Waals surface area contributed by atoms with Crippen LogP contribution in [-0.4, -0.2) is 57.1 Å². The predicted molar refractivity (Wildman–Crippen MR) is 195 cm³/mol. The highest BCUT2D eigenvalue weighted by molar-refractivity contribution is 5.93. The van der Waals surface area contributed by atoms with Crippen molar-refractivity contribution in [3.05, 3.63) is 131 Å². The topological polar surface area (TPSA) is 165 Å². The van der Waals surface area contributed by atoms with Crippen molar-refractivity contribution in [2.24, 2.45) is 0 Å².